The van der Waals surface area contributed by atoms with Gasteiger partial charge in [-0.05, 0) is 38.6 Å². The molecule has 1 atom stereocenters. The van der Waals surface area contributed by atoms with E-state index in [9.17, 15) is 19.5 Å². The van der Waals surface area contributed by atoms with Crippen molar-refractivity contribution in [3.63, 3.8) is 0 Å². The molecule has 0 fully saturated rings. The molecule has 3 N–H and O–H groups in total. The molecule has 0 radical (unpaired) electrons. The monoisotopic (exact) mass is 623 g/mol. The number of carbonyl (C=O) groups is 3. The Hall–Kier alpha value is -1.43. The van der Waals surface area contributed by atoms with E-state index in [1.54, 1.807) is 0 Å². The van der Waals surface area contributed by atoms with Gasteiger partial charge in [0.25, 0.3) is 0 Å². The van der Waals surface area contributed by atoms with Crippen molar-refractivity contribution >= 4 is 17.8 Å². The van der Waals surface area contributed by atoms with Crippen molar-refractivity contribution in [1.82, 2.24) is 4.90 Å². The number of hydrogen-bond donors (Lipinski definition) is 2. The number of amides is 2. The molecule has 0 saturated carbocycles. The number of rotatable bonds is 34. The molecule has 2 amide bonds. The lowest BCUT2D eigenvalue weighted by Gasteiger charge is -2.27. The van der Waals surface area contributed by atoms with Gasteiger partial charge < -0.3 is 10.8 Å². The zero-order valence-corrected chi connectivity index (χ0v) is 29.4. The van der Waals surface area contributed by atoms with Gasteiger partial charge in [-0.1, -0.05) is 168 Å². The van der Waals surface area contributed by atoms with Crippen LogP contribution in [0.5, 0.6) is 0 Å². The Bertz CT molecular complexity index is 627. The number of unbranched alkanes of at least 4 members (excludes halogenated alkanes) is 25. The molecule has 0 saturated heterocycles. The van der Waals surface area contributed by atoms with E-state index in [-0.39, 0.29) is 31.1 Å². The Balaban J connectivity index is 4.37. The molecule has 260 valence electrons. The minimum absolute atomic E-state index is 0.253. The summed E-state index contributed by atoms with van der Waals surface area (Å²) in [5.41, 5.74) is 5.62. The third-order valence-corrected chi connectivity index (χ3v) is 9.05. The van der Waals surface area contributed by atoms with Crippen molar-refractivity contribution in [1.29, 1.82) is 0 Å². The summed E-state index contributed by atoms with van der Waals surface area (Å²) >= 11 is 0. The smallest absolute Gasteiger partial charge is 0.326 e. The van der Waals surface area contributed by atoms with E-state index >= 15 is 0 Å². The van der Waals surface area contributed by atoms with Crippen molar-refractivity contribution in [2.24, 2.45) is 5.73 Å². The van der Waals surface area contributed by atoms with Crippen LogP contribution in [0.2, 0.25) is 0 Å². The van der Waals surface area contributed by atoms with Crippen molar-refractivity contribution in [3.8, 4) is 0 Å². The highest BCUT2D eigenvalue weighted by atomic mass is 16.4. The van der Waals surface area contributed by atoms with Crippen LogP contribution in [0.1, 0.15) is 213 Å². The van der Waals surface area contributed by atoms with E-state index < -0.39 is 12.0 Å². The second-order valence-corrected chi connectivity index (χ2v) is 13.3. The largest absolute Gasteiger partial charge is 0.480 e. The topological polar surface area (TPSA) is 101 Å². The minimum atomic E-state index is -1.08. The maximum absolute atomic E-state index is 13.2. The number of nitrogens with zero attached hydrogens (tertiary/aromatic N) is 1. The third kappa shape index (κ3) is 25.9. The van der Waals surface area contributed by atoms with Gasteiger partial charge >= 0.3 is 5.97 Å². The number of imide groups is 1. The molecule has 0 aliphatic rings. The Labute approximate surface area is 273 Å². The van der Waals surface area contributed by atoms with Crippen LogP contribution in [0.3, 0.4) is 0 Å². The van der Waals surface area contributed by atoms with E-state index in [1.807, 2.05) is 0 Å². The van der Waals surface area contributed by atoms with Crippen LogP contribution in [0.15, 0.2) is 0 Å². The normalized spacial score (nSPS) is 12.0. The zero-order chi connectivity index (χ0) is 32.5. The highest BCUT2D eigenvalue weighted by Gasteiger charge is 2.33. The second-order valence-electron chi connectivity index (χ2n) is 13.3. The summed E-state index contributed by atoms with van der Waals surface area (Å²) in [6.07, 6.45) is 33.9. The summed E-state index contributed by atoms with van der Waals surface area (Å²) in [7, 11) is 0. The van der Waals surface area contributed by atoms with Gasteiger partial charge in [0.15, 0.2) is 0 Å². The Morgan fingerprint density at radius 1 is 0.477 bits per heavy atom. The Kier molecular flexibility index (Phi) is 31.9. The molecule has 0 bridgehead atoms. The molecule has 6 nitrogen and oxygen atoms in total. The fourth-order valence-electron chi connectivity index (χ4n) is 6.16. The molecule has 0 aromatic heterocycles. The van der Waals surface area contributed by atoms with E-state index in [2.05, 4.69) is 13.8 Å². The maximum Gasteiger partial charge on any atom is 0.326 e. The first-order valence-electron chi connectivity index (χ1n) is 19.3. The van der Waals surface area contributed by atoms with Gasteiger partial charge in [0.1, 0.15) is 6.04 Å². The van der Waals surface area contributed by atoms with Crippen LogP contribution in [0.25, 0.3) is 0 Å². The van der Waals surface area contributed by atoms with E-state index in [0.29, 0.717) is 32.2 Å². The van der Waals surface area contributed by atoms with Gasteiger partial charge in [0, 0.05) is 12.8 Å². The van der Waals surface area contributed by atoms with Crippen LogP contribution >= 0.6 is 0 Å². The second kappa shape index (κ2) is 32.9. The molecule has 0 heterocycles. The van der Waals surface area contributed by atoms with Crippen LogP contribution in [0, 0.1) is 0 Å². The predicted molar refractivity (Wildman–Crippen MR) is 187 cm³/mol. The Morgan fingerprint density at radius 2 is 0.773 bits per heavy atom. The highest BCUT2D eigenvalue weighted by molar-refractivity contribution is 5.99. The standard InChI is InChI=1S/C38H74N2O4/c1-3-5-7-9-11-13-15-17-19-21-23-25-27-32-36(41)40(35(38(43)44)31-29-30-34-39)37(42)33-28-26-24-22-20-18-16-14-12-10-8-6-4-2/h35H,3-34,39H2,1-2H3,(H,43,44). The van der Waals surface area contributed by atoms with Crippen LogP contribution < -0.4 is 5.73 Å². The molecule has 0 aliphatic carbocycles. The number of hydrogen-bond acceptors (Lipinski definition) is 4. The maximum atomic E-state index is 13.2. The van der Waals surface area contributed by atoms with Gasteiger partial charge in [-0.2, -0.15) is 0 Å². The first-order valence-corrected chi connectivity index (χ1v) is 19.3. The summed E-state index contributed by atoms with van der Waals surface area (Å²) in [5.74, 6) is -1.71. The molecular weight excluding hydrogens is 548 g/mol. The predicted octanol–water partition coefficient (Wildman–Crippen LogP) is 10.9. The number of carboxylic acids is 1. The van der Waals surface area contributed by atoms with Crippen LogP contribution in [-0.4, -0.2) is 40.4 Å². The van der Waals surface area contributed by atoms with Crippen LogP contribution in [-0.2, 0) is 14.4 Å². The lowest BCUT2D eigenvalue weighted by atomic mass is 10.0. The van der Waals surface area contributed by atoms with Crippen LogP contribution in [0.4, 0.5) is 0 Å². The van der Waals surface area contributed by atoms with Gasteiger partial charge in [0.2, 0.25) is 11.8 Å². The number of aliphatic carboxylic acids is 1. The fraction of sp³-hybridized carbons (Fsp3) is 0.921. The third-order valence-electron chi connectivity index (χ3n) is 9.05. The molecule has 44 heavy (non-hydrogen) atoms. The summed E-state index contributed by atoms with van der Waals surface area (Å²) in [4.78, 5) is 39.7. The lowest BCUT2D eigenvalue weighted by Crippen LogP contribution is -2.48. The van der Waals surface area contributed by atoms with Crippen molar-refractivity contribution in [2.75, 3.05) is 6.54 Å². The van der Waals surface area contributed by atoms with Gasteiger partial charge in [0.05, 0.1) is 0 Å². The van der Waals surface area contributed by atoms with E-state index in [4.69, 9.17) is 5.73 Å². The Morgan fingerprint density at radius 3 is 1.05 bits per heavy atom. The first-order chi connectivity index (χ1) is 21.5. The van der Waals surface area contributed by atoms with Gasteiger partial charge in [-0.15, -0.1) is 0 Å². The molecular formula is C38H74N2O4. The lowest BCUT2D eigenvalue weighted by molar-refractivity contribution is -0.158. The summed E-state index contributed by atoms with van der Waals surface area (Å²) in [5, 5.41) is 9.93. The molecule has 0 spiro atoms. The average Bonchev–Trinajstić information content (AvgIpc) is 3.01. The van der Waals surface area contributed by atoms with Gasteiger partial charge in [-0.3, -0.25) is 14.5 Å². The number of carboxylic acid groups (broad SMARTS) is 1. The number of nitrogens with two attached hydrogens (primary N) is 1. The summed E-state index contributed by atoms with van der Waals surface area (Å²) < 4.78 is 0. The SMILES string of the molecule is CCCCCCCCCCCCCCCC(=O)N(C(=O)CCCCCCCCCCCCCCC)C(CCCCN)C(=O)O. The van der Waals surface area contributed by atoms with E-state index in [0.717, 1.165) is 30.6 Å². The molecule has 0 aromatic rings. The molecule has 0 rings (SSSR count). The average molecular weight is 623 g/mol. The summed E-state index contributed by atoms with van der Waals surface area (Å²) in [6.45, 7) is 4.99. The molecule has 1 unspecified atom stereocenters. The van der Waals surface area contributed by atoms with Gasteiger partial charge in [-0.25, -0.2) is 4.79 Å². The molecule has 0 aliphatic heterocycles. The molecule has 0 aromatic carbocycles. The van der Waals surface area contributed by atoms with Crippen molar-refractivity contribution in [2.45, 2.75) is 219 Å². The summed E-state index contributed by atoms with van der Waals surface area (Å²) in [6, 6.07) is -1.08. The molecule has 6 heteroatoms. The highest BCUT2D eigenvalue weighted by Crippen LogP contribution is 2.19. The zero-order valence-electron chi connectivity index (χ0n) is 29.4. The fourth-order valence-corrected chi connectivity index (χ4v) is 6.16. The van der Waals surface area contributed by atoms with Crippen molar-refractivity contribution in [3.05, 3.63) is 0 Å². The van der Waals surface area contributed by atoms with Crippen molar-refractivity contribution < 1.29 is 19.5 Å². The minimum Gasteiger partial charge on any atom is -0.480 e. The quantitative estimate of drug-likeness (QED) is 0.0695. The first kappa shape index (κ1) is 42.6. The van der Waals surface area contributed by atoms with E-state index in [1.165, 1.54) is 128 Å². The number of carbonyl (C=O) groups excluding carboxylic acids is 2.